The highest BCUT2D eigenvalue weighted by Crippen LogP contribution is 2.17. The number of nitrogens with two attached hydrogens (primary N) is 1. The molecule has 8 heteroatoms. The number of hydrogen-bond donors (Lipinski definition) is 2. The number of ether oxygens (including phenoxy) is 1. The molecule has 1 fully saturated rings. The van der Waals surface area contributed by atoms with Gasteiger partial charge in [-0.3, -0.25) is 14.9 Å². The minimum atomic E-state index is -0.618. The summed E-state index contributed by atoms with van der Waals surface area (Å²) in [4.78, 5) is 25.7. The first-order chi connectivity index (χ1) is 9.58. The number of nitrogens with zero attached hydrogens (tertiary/aromatic N) is 2. The molecular formula is C12H16N4O4. The van der Waals surface area contributed by atoms with Gasteiger partial charge in [-0.25, -0.2) is 4.98 Å². The molecule has 20 heavy (non-hydrogen) atoms. The van der Waals surface area contributed by atoms with Crippen LogP contribution in [0.5, 0.6) is 0 Å². The highest BCUT2D eigenvalue weighted by Gasteiger charge is 2.19. The fraction of sp³-hybridized carbons (Fsp3) is 0.500. The molecule has 0 aromatic carbocycles. The van der Waals surface area contributed by atoms with Crippen molar-refractivity contribution < 1.29 is 14.5 Å². The lowest BCUT2D eigenvalue weighted by molar-refractivity contribution is -0.385. The molecule has 0 saturated carbocycles. The van der Waals surface area contributed by atoms with E-state index in [9.17, 15) is 14.9 Å². The molecule has 0 aliphatic carbocycles. The molecule has 3 N–H and O–H groups in total. The van der Waals surface area contributed by atoms with Crippen LogP contribution in [-0.4, -0.2) is 35.1 Å². The first-order valence-electron chi connectivity index (χ1n) is 6.37. The van der Waals surface area contributed by atoms with Crippen molar-refractivity contribution >= 4 is 17.4 Å². The highest BCUT2D eigenvalue weighted by atomic mass is 16.6. The Hall–Kier alpha value is -2.22. The predicted octanol–water partition coefficient (Wildman–Crippen LogP) is 0.871. The third kappa shape index (κ3) is 3.41. The van der Waals surface area contributed by atoms with E-state index < -0.39 is 10.8 Å². The Balaban J connectivity index is 2.00. The van der Waals surface area contributed by atoms with E-state index in [-0.39, 0.29) is 23.2 Å². The zero-order chi connectivity index (χ0) is 14.5. The highest BCUT2D eigenvalue weighted by molar-refractivity contribution is 5.98. The van der Waals surface area contributed by atoms with Crippen molar-refractivity contribution in [3.8, 4) is 0 Å². The number of amides is 1. The zero-order valence-electron chi connectivity index (χ0n) is 10.9. The third-order valence-electron chi connectivity index (χ3n) is 3.12. The van der Waals surface area contributed by atoms with Crippen molar-refractivity contribution in [2.45, 2.75) is 25.4 Å². The van der Waals surface area contributed by atoms with Crippen LogP contribution in [0.25, 0.3) is 0 Å². The molecule has 1 saturated heterocycles. The van der Waals surface area contributed by atoms with Crippen LogP contribution < -0.4 is 11.1 Å². The molecule has 1 aromatic rings. The smallest absolute Gasteiger partial charge is 0.288 e. The minimum absolute atomic E-state index is 0.00927. The standard InChI is InChI=1S/C12H16N4O4/c13-11-10(5-8(6-14-11)16(18)19)12(17)15-7-9-3-1-2-4-20-9/h5-6,9H,1-4,7H2,(H2,13,14)(H,15,17). The van der Waals surface area contributed by atoms with Crippen LogP contribution in [-0.2, 0) is 4.74 Å². The summed E-state index contributed by atoms with van der Waals surface area (Å²) >= 11 is 0. The molecule has 1 unspecified atom stereocenters. The van der Waals surface area contributed by atoms with Gasteiger partial charge in [-0.05, 0) is 19.3 Å². The Kier molecular flexibility index (Phi) is 4.46. The van der Waals surface area contributed by atoms with Crippen LogP contribution in [0.4, 0.5) is 11.5 Å². The van der Waals surface area contributed by atoms with E-state index >= 15 is 0 Å². The fourth-order valence-electron chi connectivity index (χ4n) is 2.02. The van der Waals surface area contributed by atoms with Gasteiger partial charge in [0, 0.05) is 19.2 Å². The van der Waals surface area contributed by atoms with E-state index in [4.69, 9.17) is 10.5 Å². The van der Waals surface area contributed by atoms with E-state index in [1.165, 1.54) is 0 Å². The summed E-state index contributed by atoms with van der Waals surface area (Å²) in [6, 6.07) is 1.12. The second-order valence-electron chi connectivity index (χ2n) is 4.58. The lowest BCUT2D eigenvalue weighted by Gasteiger charge is -2.22. The number of carbonyl (C=O) groups excluding carboxylic acids is 1. The number of nitrogens with one attached hydrogen (secondary N) is 1. The van der Waals surface area contributed by atoms with Crippen LogP contribution >= 0.6 is 0 Å². The summed E-state index contributed by atoms with van der Waals surface area (Å²) in [6.07, 6.45) is 4.01. The quantitative estimate of drug-likeness (QED) is 0.623. The molecule has 1 aliphatic rings. The number of nitro groups is 1. The first kappa shape index (κ1) is 14.2. The van der Waals surface area contributed by atoms with Gasteiger partial charge in [-0.2, -0.15) is 0 Å². The number of aromatic nitrogens is 1. The minimum Gasteiger partial charge on any atom is -0.383 e. The topological polar surface area (TPSA) is 120 Å². The fourth-order valence-corrected chi connectivity index (χ4v) is 2.02. The Bertz CT molecular complexity index is 514. The average molecular weight is 280 g/mol. The van der Waals surface area contributed by atoms with Crippen molar-refractivity contribution in [1.82, 2.24) is 10.3 Å². The van der Waals surface area contributed by atoms with Gasteiger partial charge in [0.15, 0.2) is 0 Å². The number of pyridine rings is 1. The number of nitrogen functional groups attached to an aromatic ring is 1. The van der Waals surface area contributed by atoms with Crippen LogP contribution in [0.3, 0.4) is 0 Å². The van der Waals surface area contributed by atoms with Crippen molar-refractivity contribution in [3.05, 3.63) is 27.9 Å². The number of anilines is 1. The van der Waals surface area contributed by atoms with Crippen molar-refractivity contribution in [3.63, 3.8) is 0 Å². The largest absolute Gasteiger partial charge is 0.383 e. The molecule has 8 nitrogen and oxygen atoms in total. The number of carbonyl (C=O) groups is 1. The van der Waals surface area contributed by atoms with Gasteiger partial charge < -0.3 is 15.8 Å². The normalized spacial score (nSPS) is 18.5. The van der Waals surface area contributed by atoms with Crippen molar-refractivity contribution in [2.24, 2.45) is 0 Å². The second-order valence-corrected chi connectivity index (χ2v) is 4.58. The van der Waals surface area contributed by atoms with Crippen molar-refractivity contribution in [2.75, 3.05) is 18.9 Å². The van der Waals surface area contributed by atoms with Gasteiger partial charge in [0.2, 0.25) is 0 Å². The predicted molar refractivity (Wildman–Crippen MR) is 71.2 cm³/mol. The summed E-state index contributed by atoms with van der Waals surface area (Å²) in [5.41, 5.74) is 5.32. The lowest BCUT2D eigenvalue weighted by Crippen LogP contribution is -2.35. The second kappa shape index (κ2) is 6.29. The molecule has 108 valence electrons. The van der Waals surface area contributed by atoms with Gasteiger partial charge in [0.1, 0.15) is 12.0 Å². The van der Waals surface area contributed by atoms with Gasteiger partial charge in [-0.15, -0.1) is 0 Å². The Morgan fingerprint density at radius 3 is 3.05 bits per heavy atom. The molecule has 0 spiro atoms. The maximum absolute atomic E-state index is 12.0. The molecule has 0 bridgehead atoms. The average Bonchev–Trinajstić information content (AvgIpc) is 2.46. The van der Waals surface area contributed by atoms with Crippen LogP contribution in [0.15, 0.2) is 12.3 Å². The van der Waals surface area contributed by atoms with E-state index in [2.05, 4.69) is 10.3 Å². The lowest BCUT2D eigenvalue weighted by atomic mass is 10.1. The first-order valence-corrected chi connectivity index (χ1v) is 6.37. The van der Waals surface area contributed by atoms with Crippen LogP contribution in [0.2, 0.25) is 0 Å². The maximum atomic E-state index is 12.0. The summed E-state index contributed by atoms with van der Waals surface area (Å²) in [5.74, 6) is -0.509. The molecule has 1 amide bonds. The third-order valence-corrected chi connectivity index (χ3v) is 3.12. The Morgan fingerprint density at radius 1 is 1.60 bits per heavy atom. The molecule has 1 atom stereocenters. The maximum Gasteiger partial charge on any atom is 0.288 e. The summed E-state index contributed by atoms with van der Waals surface area (Å²) < 4.78 is 5.49. The molecular weight excluding hydrogens is 264 g/mol. The Morgan fingerprint density at radius 2 is 2.40 bits per heavy atom. The summed E-state index contributed by atoms with van der Waals surface area (Å²) in [5, 5.41) is 13.3. The summed E-state index contributed by atoms with van der Waals surface area (Å²) in [6.45, 7) is 1.06. The number of rotatable bonds is 4. The molecule has 2 heterocycles. The zero-order valence-corrected chi connectivity index (χ0v) is 10.9. The molecule has 0 radical (unpaired) electrons. The van der Waals surface area contributed by atoms with Crippen molar-refractivity contribution in [1.29, 1.82) is 0 Å². The van der Waals surface area contributed by atoms with Crippen LogP contribution in [0, 0.1) is 10.1 Å². The summed E-state index contributed by atoms with van der Waals surface area (Å²) in [7, 11) is 0. The van der Waals surface area contributed by atoms with Gasteiger partial charge in [0.25, 0.3) is 11.6 Å². The SMILES string of the molecule is Nc1ncc([N+](=O)[O-])cc1C(=O)NCC1CCCCO1. The molecule has 1 aromatic heterocycles. The van der Waals surface area contributed by atoms with Gasteiger partial charge in [-0.1, -0.05) is 0 Å². The van der Waals surface area contributed by atoms with E-state index in [0.717, 1.165) is 31.5 Å². The molecule has 2 rings (SSSR count). The molecule has 1 aliphatic heterocycles. The van der Waals surface area contributed by atoms with Crippen LogP contribution in [0.1, 0.15) is 29.6 Å². The van der Waals surface area contributed by atoms with E-state index in [0.29, 0.717) is 13.2 Å². The van der Waals surface area contributed by atoms with E-state index in [1.807, 2.05) is 0 Å². The van der Waals surface area contributed by atoms with Gasteiger partial charge in [0.05, 0.1) is 16.6 Å². The van der Waals surface area contributed by atoms with Gasteiger partial charge >= 0.3 is 0 Å². The Labute approximate surface area is 115 Å². The van der Waals surface area contributed by atoms with E-state index in [1.54, 1.807) is 0 Å². The monoisotopic (exact) mass is 280 g/mol. The number of hydrogen-bond acceptors (Lipinski definition) is 6.